The predicted octanol–water partition coefficient (Wildman–Crippen LogP) is 2.00. The zero-order chi connectivity index (χ0) is 16.9. The number of hydrogen-bond acceptors (Lipinski definition) is 5. The maximum absolute atomic E-state index is 12.6. The number of carbonyl (C=O) groups is 2. The van der Waals surface area contributed by atoms with Gasteiger partial charge in [-0.05, 0) is 40.0 Å². The Labute approximate surface area is 136 Å². The number of hydrogen-bond donors (Lipinski definition) is 1. The Hall–Kier alpha value is -2.18. The van der Waals surface area contributed by atoms with Gasteiger partial charge in [0, 0.05) is 31.5 Å². The second-order valence-corrected chi connectivity index (χ2v) is 6.62. The van der Waals surface area contributed by atoms with Crippen LogP contribution in [0.2, 0.25) is 0 Å². The van der Waals surface area contributed by atoms with Crippen LogP contribution in [0.4, 0.5) is 4.79 Å². The van der Waals surface area contributed by atoms with Gasteiger partial charge in [-0.15, -0.1) is 0 Å². The molecule has 1 aliphatic heterocycles. The molecule has 1 atom stereocenters. The van der Waals surface area contributed by atoms with Gasteiger partial charge in [-0.2, -0.15) is 0 Å². The number of piperidine rings is 1. The average molecular weight is 320 g/mol. The Bertz CT molecular complexity index is 542. The summed E-state index contributed by atoms with van der Waals surface area (Å²) < 4.78 is 5.23. The molecule has 0 saturated carbocycles. The molecule has 126 valence electrons. The minimum atomic E-state index is -0.536. The molecule has 7 heteroatoms. The van der Waals surface area contributed by atoms with E-state index in [2.05, 4.69) is 15.3 Å². The fourth-order valence-electron chi connectivity index (χ4n) is 2.55. The van der Waals surface area contributed by atoms with Crippen LogP contribution in [0.25, 0.3) is 0 Å². The number of rotatable bonds is 3. The fourth-order valence-corrected chi connectivity index (χ4v) is 2.55. The summed E-state index contributed by atoms with van der Waals surface area (Å²) in [5.74, 6) is -0.145. The molecule has 2 rings (SSSR count). The Morgan fingerprint density at radius 1 is 1.35 bits per heavy atom. The van der Waals surface area contributed by atoms with Crippen LogP contribution in [-0.4, -0.2) is 51.6 Å². The molecule has 1 fully saturated rings. The number of likely N-dealkylation sites (tertiary alicyclic amines) is 1. The van der Waals surface area contributed by atoms with E-state index in [1.807, 2.05) is 20.8 Å². The molecule has 0 aromatic carbocycles. The minimum Gasteiger partial charge on any atom is -0.444 e. The summed E-state index contributed by atoms with van der Waals surface area (Å²) in [5.41, 5.74) is -0.206. The third kappa shape index (κ3) is 5.19. The van der Waals surface area contributed by atoms with E-state index < -0.39 is 11.7 Å². The van der Waals surface area contributed by atoms with E-state index >= 15 is 0 Å². The van der Waals surface area contributed by atoms with Crippen molar-refractivity contribution in [3.63, 3.8) is 0 Å². The van der Waals surface area contributed by atoms with Crippen molar-refractivity contribution in [2.24, 2.45) is 0 Å². The van der Waals surface area contributed by atoms with Crippen LogP contribution in [0.15, 0.2) is 18.6 Å². The van der Waals surface area contributed by atoms with Gasteiger partial charge in [0.1, 0.15) is 11.3 Å². The third-order valence-electron chi connectivity index (χ3n) is 3.55. The van der Waals surface area contributed by atoms with E-state index in [1.165, 1.54) is 18.6 Å². The van der Waals surface area contributed by atoms with Gasteiger partial charge in [0.05, 0.1) is 6.20 Å². The second kappa shape index (κ2) is 7.39. The van der Waals surface area contributed by atoms with E-state index in [0.29, 0.717) is 18.8 Å². The van der Waals surface area contributed by atoms with Crippen molar-refractivity contribution in [1.82, 2.24) is 20.2 Å². The molecule has 0 radical (unpaired) electrons. The lowest BCUT2D eigenvalue weighted by Crippen LogP contribution is -2.50. The zero-order valence-electron chi connectivity index (χ0n) is 13.9. The second-order valence-electron chi connectivity index (χ2n) is 6.62. The lowest BCUT2D eigenvalue weighted by atomic mass is 10.0. The Kier molecular flexibility index (Phi) is 5.52. The van der Waals surface area contributed by atoms with Crippen molar-refractivity contribution in [2.75, 3.05) is 13.1 Å². The Balaban J connectivity index is 1.96. The lowest BCUT2D eigenvalue weighted by molar-refractivity contribution is 0.0460. The molecule has 23 heavy (non-hydrogen) atoms. The average Bonchev–Trinajstić information content (AvgIpc) is 2.52. The van der Waals surface area contributed by atoms with E-state index in [9.17, 15) is 9.59 Å². The molecular formula is C16H24N4O3. The highest BCUT2D eigenvalue weighted by Crippen LogP contribution is 2.18. The van der Waals surface area contributed by atoms with E-state index in [0.717, 1.165) is 19.3 Å². The number of nitrogens with one attached hydrogen (secondary N) is 1. The first-order valence-corrected chi connectivity index (χ1v) is 7.90. The van der Waals surface area contributed by atoms with Gasteiger partial charge in [0.25, 0.3) is 5.91 Å². The van der Waals surface area contributed by atoms with Crippen molar-refractivity contribution in [2.45, 2.75) is 51.7 Å². The SMILES string of the molecule is CC(C)(C)OC(=O)NCC1CCCCN1C(=O)c1cnccn1. The maximum Gasteiger partial charge on any atom is 0.407 e. The van der Waals surface area contributed by atoms with Crippen LogP contribution < -0.4 is 5.32 Å². The normalized spacial score (nSPS) is 18.4. The van der Waals surface area contributed by atoms with Crippen LogP contribution in [-0.2, 0) is 4.74 Å². The molecule has 1 aliphatic rings. The quantitative estimate of drug-likeness (QED) is 0.921. The molecule has 1 saturated heterocycles. The molecule has 2 heterocycles. The third-order valence-corrected chi connectivity index (χ3v) is 3.55. The maximum atomic E-state index is 12.6. The first kappa shape index (κ1) is 17.2. The van der Waals surface area contributed by atoms with Gasteiger partial charge < -0.3 is 15.0 Å². The summed E-state index contributed by atoms with van der Waals surface area (Å²) in [6.07, 6.45) is 6.88. The largest absolute Gasteiger partial charge is 0.444 e. The Morgan fingerprint density at radius 2 is 2.13 bits per heavy atom. The van der Waals surface area contributed by atoms with Crippen LogP contribution in [0.3, 0.4) is 0 Å². The minimum absolute atomic E-state index is 0.0502. The molecule has 1 aromatic heterocycles. The highest BCUT2D eigenvalue weighted by atomic mass is 16.6. The standard InChI is InChI=1S/C16H24N4O3/c1-16(2,3)23-15(22)19-10-12-6-4-5-9-20(12)14(21)13-11-17-7-8-18-13/h7-8,11-12H,4-6,9-10H2,1-3H3,(H,19,22). The van der Waals surface area contributed by atoms with Gasteiger partial charge >= 0.3 is 6.09 Å². The van der Waals surface area contributed by atoms with Gasteiger partial charge in [-0.1, -0.05) is 0 Å². The lowest BCUT2D eigenvalue weighted by Gasteiger charge is -2.35. The van der Waals surface area contributed by atoms with Crippen LogP contribution in [0.5, 0.6) is 0 Å². The zero-order valence-corrected chi connectivity index (χ0v) is 13.9. The summed E-state index contributed by atoms with van der Waals surface area (Å²) in [6.45, 7) is 6.49. The molecule has 2 amide bonds. The number of amides is 2. The molecule has 1 N–H and O–H groups in total. The van der Waals surface area contributed by atoms with Crippen LogP contribution in [0, 0.1) is 0 Å². The predicted molar refractivity (Wildman–Crippen MR) is 84.9 cm³/mol. The highest BCUT2D eigenvalue weighted by molar-refractivity contribution is 5.92. The van der Waals surface area contributed by atoms with E-state index in [-0.39, 0.29) is 11.9 Å². The summed E-state index contributed by atoms with van der Waals surface area (Å²) in [4.78, 5) is 34.1. The molecule has 1 unspecified atom stereocenters. The molecule has 7 nitrogen and oxygen atoms in total. The summed E-state index contributed by atoms with van der Waals surface area (Å²) in [5, 5.41) is 2.75. The van der Waals surface area contributed by atoms with Crippen LogP contribution in [0.1, 0.15) is 50.5 Å². The monoisotopic (exact) mass is 320 g/mol. The van der Waals surface area contributed by atoms with Crippen molar-refractivity contribution < 1.29 is 14.3 Å². The number of carbonyl (C=O) groups excluding carboxylic acids is 2. The molecule has 1 aromatic rings. The fraction of sp³-hybridized carbons (Fsp3) is 0.625. The van der Waals surface area contributed by atoms with Crippen molar-refractivity contribution in [3.8, 4) is 0 Å². The first-order chi connectivity index (χ1) is 10.9. The molecular weight excluding hydrogens is 296 g/mol. The van der Waals surface area contributed by atoms with E-state index in [1.54, 1.807) is 4.90 Å². The Morgan fingerprint density at radius 3 is 2.78 bits per heavy atom. The number of alkyl carbamates (subject to hydrolysis) is 1. The molecule has 0 bridgehead atoms. The smallest absolute Gasteiger partial charge is 0.407 e. The molecule has 0 spiro atoms. The van der Waals surface area contributed by atoms with Gasteiger partial charge in [-0.25, -0.2) is 9.78 Å². The number of aromatic nitrogens is 2. The van der Waals surface area contributed by atoms with E-state index in [4.69, 9.17) is 4.74 Å². The highest BCUT2D eigenvalue weighted by Gasteiger charge is 2.29. The van der Waals surface area contributed by atoms with Gasteiger partial charge in [0.2, 0.25) is 0 Å². The molecule has 0 aliphatic carbocycles. The summed E-state index contributed by atoms with van der Waals surface area (Å²) >= 11 is 0. The van der Waals surface area contributed by atoms with Gasteiger partial charge in [0.15, 0.2) is 0 Å². The van der Waals surface area contributed by atoms with Crippen LogP contribution >= 0.6 is 0 Å². The summed E-state index contributed by atoms with van der Waals surface area (Å²) in [6, 6.07) is -0.0502. The van der Waals surface area contributed by atoms with Crippen molar-refractivity contribution in [1.29, 1.82) is 0 Å². The number of nitrogens with zero attached hydrogens (tertiary/aromatic N) is 3. The van der Waals surface area contributed by atoms with Crippen molar-refractivity contribution in [3.05, 3.63) is 24.3 Å². The summed E-state index contributed by atoms with van der Waals surface area (Å²) in [7, 11) is 0. The number of ether oxygens (including phenoxy) is 1. The first-order valence-electron chi connectivity index (χ1n) is 7.90. The topological polar surface area (TPSA) is 84.4 Å². The van der Waals surface area contributed by atoms with Crippen molar-refractivity contribution >= 4 is 12.0 Å². The van der Waals surface area contributed by atoms with Gasteiger partial charge in [-0.3, -0.25) is 9.78 Å².